The highest BCUT2D eigenvalue weighted by molar-refractivity contribution is 5.92. The molecule has 2 aromatic heterocycles. The van der Waals surface area contributed by atoms with E-state index in [4.69, 9.17) is 4.74 Å². The van der Waals surface area contributed by atoms with E-state index in [2.05, 4.69) is 20.3 Å². The van der Waals surface area contributed by atoms with Gasteiger partial charge in [0.15, 0.2) is 0 Å². The number of methoxy groups -OCH3 is 1. The second kappa shape index (κ2) is 6.08. The summed E-state index contributed by atoms with van der Waals surface area (Å²) in [6.45, 7) is 1.49. The maximum atomic E-state index is 12.1. The predicted molar refractivity (Wildman–Crippen MR) is 95.0 cm³/mol. The molecule has 1 aliphatic heterocycles. The summed E-state index contributed by atoms with van der Waals surface area (Å²) < 4.78 is 6.86. The molecule has 7 nitrogen and oxygen atoms in total. The molecule has 128 valence electrons. The number of rotatable bonds is 4. The van der Waals surface area contributed by atoms with Crippen LogP contribution < -0.4 is 15.0 Å². The van der Waals surface area contributed by atoms with Gasteiger partial charge in [0.25, 0.3) is 5.91 Å². The van der Waals surface area contributed by atoms with Gasteiger partial charge in [0, 0.05) is 31.7 Å². The molecule has 3 heterocycles. The van der Waals surface area contributed by atoms with Crippen molar-refractivity contribution < 1.29 is 9.53 Å². The number of pyridine rings is 1. The lowest BCUT2D eigenvalue weighted by molar-refractivity contribution is 0.0924. The number of anilines is 1. The lowest BCUT2D eigenvalue weighted by Gasteiger charge is -2.40. The van der Waals surface area contributed by atoms with Crippen LogP contribution in [0.4, 0.5) is 5.82 Å². The maximum absolute atomic E-state index is 12.1. The minimum atomic E-state index is -0.135. The molecule has 0 saturated carbocycles. The van der Waals surface area contributed by atoms with Crippen LogP contribution in [-0.2, 0) is 7.05 Å². The van der Waals surface area contributed by atoms with Crippen molar-refractivity contribution in [2.24, 2.45) is 7.05 Å². The molecule has 0 aliphatic carbocycles. The zero-order valence-corrected chi connectivity index (χ0v) is 14.1. The van der Waals surface area contributed by atoms with Crippen LogP contribution in [-0.4, -0.2) is 46.9 Å². The molecule has 4 rings (SSSR count). The quantitative estimate of drug-likeness (QED) is 0.783. The van der Waals surface area contributed by atoms with Crippen molar-refractivity contribution in [2.45, 2.75) is 6.04 Å². The van der Waals surface area contributed by atoms with E-state index in [1.165, 1.54) is 0 Å². The van der Waals surface area contributed by atoms with Gasteiger partial charge in [0.2, 0.25) is 0 Å². The van der Waals surface area contributed by atoms with Gasteiger partial charge in [0.1, 0.15) is 17.3 Å². The van der Waals surface area contributed by atoms with Gasteiger partial charge >= 0.3 is 0 Å². The topological polar surface area (TPSA) is 72.3 Å². The zero-order chi connectivity index (χ0) is 17.4. The van der Waals surface area contributed by atoms with E-state index in [1.54, 1.807) is 31.1 Å². The van der Waals surface area contributed by atoms with Gasteiger partial charge < -0.3 is 15.0 Å². The van der Waals surface area contributed by atoms with E-state index in [1.807, 2.05) is 30.3 Å². The maximum Gasteiger partial charge on any atom is 0.272 e. The Hall–Kier alpha value is -3.09. The van der Waals surface area contributed by atoms with Crippen molar-refractivity contribution in [3.63, 3.8) is 0 Å². The van der Waals surface area contributed by atoms with Crippen LogP contribution >= 0.6 is 0 Å². The van der Waals surface area contributed by atoms with Crippen molar-refractivity contribution in [1.82, 2.24) is 20.1 Å². The smallest absolute Gasteiger partial charge is 0.272 e. The Bertz CT molecular complexity index is 930. The fourth-order valence-corrected chi connectivity index (χ4v) is 2.95. The summed E-state index contributed by atoms with van der Waals surface area (Å²) >= 11 is 0. The summed E-state index contributed by atoms with van der Waals surface area (Å²) in [6, 6.07) is 11.7. The Kier molecular flexibility index (Phi) is 3.76. The van der Waals surface area contributed by atoms with Crippen LogP contribution in [0.3, 0.4) is 0 Å². The van der Waals surface area contributed by atoms with Gasteiger partial charge in [-0.1, -0.05) is 0 Å². The Morgan fingerprint density at radius 3 is 2.80 bits per heavy atom. The van der Waals surface area contributed by atoms with Crippen molar-refractivity contribution in [1.29, 1.82) is 0 Å². The highest BCUT2D eigenvalue weighted by Crippen LogP contribution is 2.25. The minimum Gasteiger partial charge on any atom is -0.497 e. The Balaban J connectivity index is 1.40. The molecule has 1 aliphatic rings. The second-order valence-electron chi connectivity index (χ2n) is 6.18. The number of hydrogen-bond donors (Lipinski definition) is 1. The van der Waals surface area contributed by atoms with Crippen molar-refractivity contribution in [3.8, 4) is 5.75 Å². The number of aromatic nitrogens is 3. The van der Waals surface area contributed by atoms with Crippen molar-refractivity contribution in [2.75, 3.05) is 25.1 Å². The molecule has 0 radical (unpaired) electrons. The molecular weight excluding hydrogens is 318 g/mol. The number of benzene rings is 1. The third-order valence-electron chi connectivity index (χ3n) is 4.37. The fourth-order valence-electron chi connectivity index (χ4n) is 2.95. The number of nitrogens with one attached hydrogen (secondary N) is 1. The van der Waals surface area contributed by atoms with E-state index >= 15 is 0 Å². The first-order valence-corrected chi connectivity index (χ1v) is 8.12. The minimum absolute atomic E-state index is 0.114. The van der Waals surface area contributed by atoms with Crippen LogP contribution in [0.2, 0.25) is 0 Å². The second-order valence-corrected chi connectivity index (χ2v) is 6.18. The van der Waals surface area contributed by atoms with Crippen LogP contribution in [0, 0.1) is 0 Å². The van der Waals surface area contributed by atoms with Crippen LogP contribution in [0.1, 0.15) is 10.5 Å². The molecule has 7 heteroatoms. The molecule has 1 fully saturated rings. The van der Waals surface area contributed by atoms with E-state index in [-0.39, 0.29) is 11.9 Å². The van der Waals surface area contributed by atoms with Gasteiger partial charge in [-0.05, 0) is 36.4 Å². The van der Waals surface area contributed by atoms with Gasteiger partial charge in [-0.15, -0.1) is 0 Å². The SMILES string of the molecule is COc1ccc2nc(N3CC(NC(=O)c4ccn(C)n4)C3)ccc2c1. The number of carbonyl (C=O) groups excluding carboxylic acids is 1. The molecule has 0 spiro atoms. The van der Waals surface area contributed by atoms with E-state index < -0.39 is 0 Å². The highest BCUT2D eigenvalue weighted by Gasteiger charge is 2.29. The number of nitrogens with zero attached hydrogens (tertiary/aromatic N) is 4. The first kappa shape index (κ1) is 15.4. The third-order valence-corrected chi connectivity index (χ3v) is 4.37. The molecule has 3 aromatic rings. The number of aryl methyl sites for hydroxylation is 1. The molecule has 25 heavy (non-hydrogen) atoms. The fraction of sp³-hybridized carbons (Fsp3) is 0.278. The Morgan fingerprint density at radius 2 is 2.08 bits per heavy atom. The molecular formula is C18H19N5O2. The van der Waals surface area contributed by atoms with Crippen molar-refractivity contribution >= 4 is 22.6 Å². The number of ether oxygens (including phenoxy) is 1. The monoisotopic (exact) mass is 337 g/mol. The van der Waals surface area contributed by atoms with Crippen molar-refractivity contribution in [3.05, 3.63) is 48.3 Å². The average molecular weight is 337 g/mol. The number of carbonyl (C=O) groups is 1. The summed E-state index contributed by atoms with van der Waals surface area (Å²) in [5.74, 6) is 1.60. The van der Waals surface area contributed by atoms with Gasteiger partial charge in [0.05, 0.1) is 18.7 Å². The Morgan fingerprint density at radius 1 is 1.24 bits per heavy atom. The van der Waals surface area contributed by atoms with Crippen LogP contribution in [0.5, 0.6) is 5.75 Å². The van der Waals surface area contributed by atoms with Gasteiger partial charge in [-0.2, -0.15) is 5.10 Å². The molecule has 1 N–H and O–H groups in total. The number of amides is 1. The predicted octanol–water partition coefficient (Wildman–Crippen LogP) is 1.60. The van der Waals surface area contributed by atoms with E-state index in [0.29, 0.717) is 5.69 Å². The summed E-state index contributed by atoms with van der Waals surface area (Å²) in [5.41, 5.74) is 1.37. The Labute approximate surface area is 145 Å². The molecule has 1 amide bonds. The first-order valence-electron chi connectivity index (χ1n) is 8.12. The normalized spacial score (nSPS) is 14.4. The zero-order valence-electron chi connectivity index (χ0n) is 14.1. The van der Waals surface area contributed by atoms with E-state index in [9.17, 15) is 4.79 Å². The molecule has 0 atom stereocenters. The lowest BCUT2D eigenvalue weighted by Crippen LogP contribution is -2.59. The first-order chi connectivity index (χ1) is 12.1. The third kappa shape index (κ3) is 3.00. The number of hydrogen-bond acceptors (Lipinski definition) is 5. The van der Waals surface area contributed by atoms with Gasteiger partial charge in [-0.25, -0.2) is 4.98 Å². The summed E-state index contributed by atoms with van der Waals surface area (Å²) in [6.07, 6.45) is 1.76. The van der Waals surface area contributed by atoms with Crippen LogP contribution in [0.25, 0.3) is 10.9 Å². The summed E-state index contributed by atoms with van der Waals surface area (Å²) in [5, 5.41) is 8.16. The molecule has 0 bridgehead atoms. The molecule has 1 saturated heterocycles. The lowest BCUT2D eigenvalue weighted by atomic mass is 10.1. The largest absolute Gasteiger partial charge is 0.497 e. The molecule has 0 unspecified atom stereocenters. The summed E-state index contributed by atoms with van der Waals surface area (Å²) in [4.78, 5) is 18.9. The van der Waals surface area contributed by atoms with Gasteiger partial charge in [-0.3, -0.25) is 9.48 Å². The molecule has 1 aromatic carbocycles. The van der Waals surface area contributed by atoms with E-state index in [0.717, 1.165) is 35.6 Å². The summed E-state index contributed by atoms with van der Waals surface area (Å²) in [7, 11) is 3.45. The standard InChI is InChI=1S/C18H19N5O2/c1-22-8-7-16(21-22)18(24)19-13-10-23(11-13)17-6-3-12-9-14(25-2)4-5-15(12)20-17/h3-9,13H,10-11H2,1-2H3,(H,19,24). The average Bonchev–Trinajstić information content (AvgIpc) is 3.03. The number of fused-ring (bicyclic) bond motifs is 1. The highest BCUT2D eigenvalue weighted by atomic mass is 16.5. The van der Waals surface area contributed by atoms with Crippen LogP contribution in [0.15, 0.2) is 42.6 Å².